The van der Waals surface area contributed by atoms with Gasteiger partial charge >= 0.3 is 0 Å². The molecule has 2 fully saturated rings. The molecule has 116 valence electrons. The van der Waals surface area contributed by atoms with Gasteiger partial charge in [-0.15, -0.1) is 0 Å². The molecule has 21 heavy (non-hydrogen) atoms. The van der Waals surface area contributed by atoms with Crippen LogP contribution in [-0.2, 0) is 5.41 Å². The van der Waals surface area contributed by atoms with Gasteiger partial charge in [0, 0.05) is 11.5 Å². The van der Waals surface area contributed by atoms with Crippen LogP contribution in [0.4, 0.5) is 0 Å². The first-order valence-corrected chi connectivity index (χ1v) is 9.05. The zero-order valence-electron chi connectivity index (χ0n) is 13.8. The second-order valence-corrected chi connectivity index (χ2v) is 7.44. The van der Waals surface area contributed by atoms with E-state index in [1.165, 1.54) is 44.9 Å². The highest BCUT2D eigenvalue weighted by molar-refractivity contribution is 5.31. The minimum atomic E-state index is 0.416. The monoisotopic (exact) mass is 285 g/mol. The maximum absolute atomic E-state index is 3.91. The molecule has 0 aliphatic heterocycles. The first kappa shape index (κ1) is 15.1. The summed E-state index contributed by atoms with van der Waals surface area (Å²) in [7, 11) is 0. The van der Waals surface area contributed by atoms with Gasteiger partial charge in [0.1, 0.15) is 0 Å². The first-order chi connectivity index (χ1) is 10.3. The van der Waals surface area contributed by atoms with Gasteiger partial charge in [-0.05, 0) is 49.6 Å². The summed E-state index contributed by atoms with van der Waals surface area (Å²) < 4.78 is 0. The Bertz CT molecular complexity index is 434. The van der Waals surface area contributed by atoms with Crippen LogP contribution in [0.25, 0.3) is 0 Å². The molecule has 1 aromatic carbocycles. The molecule has 0 bridgehead atoms. The summed E-state index contributed by atoms with van der Waals surface area (Å²) in [6.07, 6.45) is 9.87. The lowest BCUT2D eigenvalue weighted by Crippen LogP contribution is -2.57. The molecule has 0 heterocycles. The average molecular weight is 285 g/mol. The molecule has 1 N–H and O–H groups in total. The third-order valence-electron chi connectivity index (χ3n) is 6.06. The number of hydrogen-bond donors (Lipinski definition) is 1. The van der Waals surface area contributed by atoms with Crippen molar-refractivity contribution in [1.29, 1.82) is 0 Å². The summed E-state index contributed by atoms with van der Waals surface area (Å²) in [4.78, 5) is 0. The van der Waals surface area contributed by atoms with Crippen LogP contribution in [0, 0.1) is 11.8 Å². The zero-order valence-corrected chi connectivity index (χ0v) is 13.8. The van der Waals surface area contributed by atoms with E-state index in [2.05, 4.69) is 49.5 Å². The highest BCUT2D eigenvalue weighted by atomic mass is 14.9. The first-order valence-electron chi connectivity index (χ1n) is 9.05. The van der Waals surface area contributed by atoms with Crippen LogP contribution < -0.4 is 5.32 Å². The van der Waals surface area contributed by atoms with Gasteiger partial charge in [-0.3, -0.25) is 0 Å². The molecule has 3 unspecified atom stereocenters. The fourth-order valence-corrected chi connectivity index (χ4v) is 4.92. The lowest BCUT2D eigenvalue weighted by atomic mass is 9.56. The third-order valence-corrected chi connectivity index (χ3v) is 6.06. The average Bonchev–Trinajstić information content (AvgIpc) is 2.46. The maximum Gasteiger partial charge on any atom is 0.0192 e. The van der Waals surface area contributed by atoms with E-state index in [0.717, 1.165) is 18.4 Å². The number of likely N-dealkylation sites (N-methyl/N-ethyl adjacent to an activating group) is 1. The van der Waals surface area contributed by atoms with Crippen LogP contribution in [0.1, 0.15) is 64.4 Å². The van der Waals surface area contributed by atoms with E-state index in [0.29, 0.717) is 11.5 Å². The Labute approximate surface area is 130 Å². The second-order valence-electron chi connectivity index (χ2n) is 7.44. The Hall–Kier alpha value is -0.820. The molecule has 3 rings (SSSR count). The van der Waals surface area contributed by atoms with Gasteiger partial charge in [0.25, 0.3) is 0 Å². The fraction of sp³-hybridized carbons (Fsp3) is 0.700. The van der Waals surface area contributed by atoms with Crippen LogP contribution in [0.2, 0.25) is 0 Å². The number of hydrogen-bond acceptors (Lipinski definition) is 1. The zero-order chi connectivity index (χ0) is 14.7. The van der Waals surface area contributed by atoms with Crippen LogP contribution in [0.3, 0.4) is 0 Å². The van der Waals surface area contributed by atoms with Gasteiger partial charge in [0.05, 0.1) is 0 Å². The molecule has 1 heteroatoms. The maximum atomic E-state index is 3.91. The van der Waals surface area contributed by atoms with E-state index >= 15 is 0 Å². The van der Waals surface area contributed by atoms with E-state index in [4.69, 9.17) is 0 Å². The normalized spacial score (nSPS) is 29.6. The summed E-state index contributed by atoms with van der Waals surface area (Å²) in [5.74, 6) is 1.78. The minimum absolute atomic E-state index is 0.416. The van der Waals surface area contributed by atoms with Gasteiger partial charge in [-0.1, -0.05) is 63.4 Å². The van der Waals surface area contributed by atoms with E-state index in [1.807, 2.05) is 0 Å². The summed E-state index contributed by atoms with van der Waals surface area (Å²) in [5.41, 5.74) is 2.00. The molecule has 0 aromatic heterocycles. The fourth-order valence-electron chi connectivity index (χ4n) is 4.92. The predicted octanol–water partition coefficient (Wildman–Crippen LogP) is 4.91. The molecule has 2 aliphatic rings. The highest BCUT2D eigenvalue weighted by Gasteiger charge is 2.48. The topological polar surface area (TPSA) is 12.0 Å². The SMILES string of the molecule is CCNC(C1CCCC(C)C1)C1(c2ccccc2)CCC1. The number of nitrogens with one attached hydrogen (secondary N) is 1. The molecule has 0 spiro atoms. The quantitative estimate of drug-likeness (QED) is 0.810. The van der Waals surface area contributed by atoms with Crippen LogP contribution in [-0.4, -0.2) is 12.6 Å². The molecule has 1 aromatic rings. The van der Waals surface area contributed by atoms with Crippen molar-refractivity contribution in [3.63, 3.8) is 0 Å². The van der Waals surface area contributed by atoms with E-state index < -0.39 is 0 Å². The Morgan fingerprint density at radius 3 is 2.48 bits per heavy atom. The molecular formula is C20H31N. The molecule has 3 atom stereocenters. The van der Waals surface area contributed by atoms with Crippen LogP contribution in [0.15, 0.2) is 30.3 Å². The highest BCUT2D eigenvalue weighted by Crippen LogP contribution is 2.50. The number of benzene rings is 1. The van der Waals surface area contributed by atoms with Crippen molar-refractivity contribution in [3.05, 3.63) is 35.9 Å². The Morgan fingerprint density at radius 1 is 1.14 bits per heavy atom. The molecule has 0 amide bonds. The lowest BCUT2D eigenvalue weighted by Gasteiger charge is -2.52. The second kappa shape index (κ2) is 6.52. The minimum Gasteiger partial charge on any atom is -0.313 e. The summed E-state index contributed by atoms with van der Waals surface area (Å²) in [6, 6.07) is 12.0. The summed E-state index contributed by atoms with van der Waals surface area (Å²) >= 11 is 0. The van der Waals surface area contributed by atoms with Crippen molar-refractivity contribution in [2.45, 2.75) is 70.3 Å². The van der Waals surface area contributed by atoms with Crippen molar-refractivity contribution >= 4 is 0 Å². The van der Waals surface area contributed by atoms with Crippen molar-refractivity contribution in [2.75, 3.05) is 6.54 Å². The van der Waals surface area contributed by atoms with Crippen molar-refractivity contribution in [2.24, 2.45) is 11.8 Å². The predicted molar refractivity (Wildman–Crippen MR) is 90.6 cm³/mol. The van der Waals surface area contributed by atoms with E-state index in [9.17, 15) is 0 Å². The smallest absolute Gasteiger partial charge is 0.0192 e. The van der Waals surface area contributed by atoms with Gasteiger partial charge < -0.3 is 5.32 Å². The standard InChI is InChI=1S/C20H31N/c1-3-21-19(17-10-7-9-16(2)15-17)20(13-8-14-20)18-11-5-4-6-12-18/h4-6,11-12,16-17,19,21H,3,7-10,13-15H2,1-2H3. The van der Waals surface area contributed by atoms with E-state index in [1.54, 1.807) is 5.56 Å². The van der Waals surface area contributed by atoms with Crippen molar-refractivity contribution < 1.29 is 0 Å². The van der Waals surface area contributed by atoms with Crippen molar-refractivity contribution in [1.82, 2.24) is 5.32 Å². The third kappa shape index (κ3) is 2.90. The van der Waals surface area contributed by atoms with Gasteiger partial charge in [0.2, 0.25) is 0 Å². The molecule has 0 radical (unpaired) electrons. The molecule has 2 saturated carbocycles. The molecular weight excluding hydrogens is 254 g/mol. The summed E-state index contributed by atoms with van der Waals surface area (Å²) in [5, 5.41) is 3.91. The van der Waals surface area contributed by atoms with Crippen LogP contribution in [0.5, 0.6) is 0 Å². The Balaban J connectivity index is 1.87. The van der Waals surface area contributed by atoms with E-state index in [-0.39, 0.29) is 0 Å². The Kier molecular flexibility index (Phi) is 4.69. The molecule has 2 aliphatic carbocycles. The summed E-state index contributed by atoms with van der Waals surface area (Å²) in [6.45, 7) is 5.83. The largest absolute Gasteiger partial charge is 0.313 e. The Morgan fingerprint density at radius 2 is 1.90 bits per heavy atom. The molecule has 0 saturated heterocycles. The number of rotatable bonds is 5. The van der Waals surface area contributed by atoms with Crippen molar-refractivity contribution in [3.8, 4) is 0 Å². The molecule has 1 nitrogen and oxygen atoms in total. The van der Waals surface area contributed by atoms with Crippen LogP contribution >= 0.6 is 0 Å². The lowest BCUT2D eigenvalue weighted by molar-refractivity contribution is 0.0946. The van der Waals surface area contributed by atoms with Gasteiger partial charge in [0.15, 0.2) is 0 Å². The van der Waals surface area contributed by atoms with Gasteiger partial charge in [-0.2, -0.15) is 0 Å². The van der Waals surface area contributed by atoms with Gasteiger partial charge in [-0.25, -0.2) is 0 Å².